The highest BCUT2D eigenvalue weighted by atomic mass is 16.2. The number of hydrogen-bond donors (Lipinski definition) is 2. The van der Waals surface area contributed by atoms with E-state index in [1.54, 1.807) is 7.05 Å². The molecule has 3 rings (SSSR count). The van der Waals surface area contributed by atoms with Crippen LogP contribution in [0, 0.1) is 0 Å². The number of hydrogen-bond acceptors (Lipinski definition) is 4. The number of nitrogens with one attached hydrogen (secondary N) is 2. The van der Waals surface area contributed by atoms with Gasteiger partial charge in [-0.15, -0.1) is 0 Å². The maximum Gasteiger partial charge on any atom is 0.229 e. The lowest BCUT2D eigenvalue weighted by atomic mass is 10.2. The van der Waals surface area contributed by atoms with Crippen LogP contribution in [0.1, 0.15) is 13.3 Å². The molecule has 7 heteroatoms. The lowest BCUT2D eigenvalue weighted by Crippen LogP contribution is -2.53. The average molecular weight is 373 g/mol. The summed E-state index contributed by atoms with van der Waals surface area (Å²) in [6.07, 6.45) is 0.490. The Balaban J connectivity index is 1.47. The molecule has 0 aromatic heterocycles. The van der Waals surface area contributed by atoms with Gasteiger partial charge in [0.25, 0.3) is 0 Å². The van der Waals surface area contributed by atoms with Gasteiger partial charge in [-0.2, -0.15) is 0 Å². The number of aliphatic imine (C=N–C) groups is 1. The van der Waals surface area contributed by atoms with Gasteiger partial charge in [-0.3, -0.25) is 14.7 Å². The van der Waals surface area contributed by atoms with Crippen LogP contribution in [0.3, 0.4) is 0 Å². The van der Waals surface area contributed by atoms with Gasteiger partial charge in [0.05, 0.1) is 6.04 Å². The topological polar surface area (TPSA) is 63.2 Å². The molecule has 0 bridgehead atoms. The van der Waals surface area contributed by atoms with E-state index in [0.717, 1.165) is 44.4 Å². The van der Waals surface area contributed by atoms with E-state index in [1.165, 1.54) is 0 Å². The third-order valence-electron chi connectivity index (χ3n) is 5.48. The van der Waals surface area contributed by atoms with Gasteiger partial charge in [0.15, 0.2) is 5.96 Å². The van der Waals surface area contributed by atoms with E-state index < -0.39 is 0 Å². The molecule has 2 fully saturated rings. The van der Waals surface area contributed by atoms with Gasteiger partial charge in [-0.05, 0) is 26.1 Å². The van der Waals surface area contributed by atoms with E-state index in [9.17, 15) is 4.79 Å². The van der Waals surface area contributed by atoms with E-state index in [1.807, 2.05) is 35.2 Å². The quantitative estimate of drug-likeness (QED) is 0.585. The van der Waals surface area contributed by atoms with Gasteiger partial charge in [0.2, 0.25) is 5.91 Å². The van der Waals surface area contributed by atoms with E-state index >= 15 is 0 Å². The van der Waals surface area contributed by atoms with Crippen molar-refractivity contribution in [2.24, 2.45) is 4.99 Å². The van der Waals surface area contributed by atoms with Crippen LogP contribution < -0.4 is 15.5 Å². The molecular formula is C20H32N6O. The summed E-state index contributed by atoms with van der Waals surface area (Å²) < 4.78 is 0. The Morgan fingerprint density at radius 1 is 1.22 bits per heavy atom. The number of carbonyl (C=O) groups excluding carboxylic acids is 1. The first-order valence-electron chi connectivity index (χ1n) is 9.82. The van der Waals surface area contributed by atoms with E-state index in [0.29, 0.717) is 19.0 Å². The van der Waals surface area contributed by atoms with Crippen LogP contribution in [0.5, 0.6) is 0 Å². The fourth-order valence-corrected chi connectivity index (χ4v) is 3.69. The molecule has 148 valence electrons. The molecular weight excluding hydrogens is 340 g/mol. The number of para-hydroxylation sites is 1. The van der Waals surface area contributed by atoms with Crippen molar-refractivity contribution in [3.63, 3.8) is 0 Å². The van der Waals surface area contributed by atoms with Gasteiger partial charge in [0.1, 0.15) is 0 Å². The van der Waals surface area contributed by atoms with Crippen LogP contribution in [-0.2, 0) is 4.79 Å². The molecule has 0 radical (unpaired) electrons. The summed E-state index contributed by atoms with van der Waals surface area (Å²) in [5.74, 6) is 0.920. The van der Waals surface area contributed by atoms with Crippen LogP contribution in [-0.4, -0.2) is 87.1 Å². The Kier molecular flexibility index (Phi) is 6.68. The van der Waals surface area contributed by atoms with Gasteiger partial charge in [-0.1, -0.05) is 18.2 Å². The van der Waals surface area contributed by atoms with Crippen molar-refractivity contribution in [2.45, 2.75) is 25.4 Å². The number of nitrogens with zero attached hydrogens (tertiary/aromatic N) is 4. The van der Waals surface area contributed by atoms with E-state index in [2.05, 4.69) is 39.4 Å². The van der Waals surface area contributed by atoms with Crippen LogP contribution in [0.25, 0.3) is 0 Å². The summed E-state index contributed by atoms with van der Waals surface area (Å²) in [5, 5.41) is 6.84. The van der Waals surface area contributed by atoms with Gasteiger partial charge >= 0.3 is 0 Å². The highest BCUT2D eigenvalue weighted by Crippen LogP contribution is 2.20. The minimum Gasteiger partial charge on any atom is -0.355 e. The lowest BCUT2D eigenvalue weighted by molar-refractivity contribution is -0.117. The SMILES string of the molecule is CN=C(NCC(C)N1CCN(C)CC1)NC1CC(=O)N(c2ccccc2)C1. The van der Waals surface area contributed by atoms with Crippen molar-refractivity contribution in [3.05, 3.63) is 30.3 Å². The fourth-order valence-electron chi connectivity index (χ4n) is 3.69. The second-order valence-corrected chi connectivity index (χ2v) is 7.53. The summed E-state index contributed by atoms with van der Waals surface area (Å²) in [4.78, 5) is 23.4. The summed E-state index contributed by atoms with van der Waals surface area (Å²) >= 11 is 0. The van der Waals surface area contributed by atoms with Gasteiger partial charge in [-0.25, -0.2) is 0 Å². The standard InChI is InChI=1S/C20H32N6O/c1-16(25-11-9-24(3)10-12-25)14-22-20(21-2)23-17-13-19(27)26(15-17)18-7-5-4-6-8-18/h4-8,16-17H,9-15H2,1-3H3,(H2,21,22,23). The molecule has 2 saturated heterocycles. The largest absolute Gasteiger partial charge is 0.355 e. The molecule has 27 heavy (non-hydrogen) atoms. The zero-order chi connectivity index (χ0) is 19.2. The van der Waals surface area contributed by atoms with Crippen molar-refractivity contribution in [1.29, 1.82) is 0 Å². The molecule has 1 aromatic rings. The molecule has 2 heterocycles. The molecule has 0 saturated carbocycles. The molecule has 1 amide bonds. The summed E-state index contributed by atoms with van der Waals surface area (Å²) in [5.41, 5.74) is 0.957. The monoisotopic (exact) mass is 372 g/mol. The maximum absolute atomic E-state index is 12.4. The van der Waals surface area contributed by atoms with Crippen LogP contribution in [0.2, 0.25) is 0 Å². The molecule has 7 nitrogen and oxygen atoms in total. The molecule has 2 aliphatic heterocycles. The Morgan fingerprint density at radius 3 is 2.59 bits per heavy atom. The Bertz CT molecular complexity index is 641. The minimum absolute atomic E-state index is 0.0721. The smallest absolute Gasteiger partial charge is 0.229 e. The molecule has 2 unspecified atom stereocenters. The van der Waals surface area contributed by atoms with Crippen molar-refractivity contribution in [2.75, 3.05) is 58.3 Å². The number of likely N-dealkylation sites (N-methyl/N-ethyl adjacent to an activating group) is 1. The molecule has 0 aliphatic carbocycles. The third kappa shape index (κ3) is 5.20. The first-order valence-corrected chi connectivity index (χ1v) is 9.82. The Labute approximate surface area is 162 Å². The third-order valence-corrected chi connectivity index (χ3v) is 5.48. The number of guanidine groups is 1. The molecule has 2 N–H and O–H groups in total. The summed E-state index contributed by atoms with van der Waals surface area (Å²) in [6.45, 7) is 8.21. The highest BCUT2D eigenvalue weighted by molar-refractivity contribution is 5.97. The van der Waals surface area contributed by atoms with Crippen molar-refractivity contribution in [3.8, 4) is 0 Å². The van der Waals surface area contributed by atoms with Crippen molar-refractivity contribution >= 4 is 17.6 Å². The Hall–Kier alpha value is -2.12. The van der Waals surface area contributed by atoms with E-state index in [-0.39, 0.29) is 11.9 Å². The summed E-state index contributed by atoms with van der Waals surface area (Å²) in [6, 6.07) is 10.4. The molecule has 2 atom stereocenters. The zero-order valence-electron chi connectivity index (χ0n) is 16.7. The molecule has 0 spiro atoms. The molecule has 2 aliphatic rings. The second-order valence-electron chi connectivity index (χ2n) is 7.53. The first-order chi connectivity index (χ1) is 13.1. The van der Waals surface area contributed by atoms with Crippen LogP contribution in [0.15, 0.2) is 35.3 Å². The van der Waals surface area contributed by atoms with Crippen LogP contribution >= 0.6 is 0 Å². The highest BCUT2D eigenvalue weighted by Gasteiger charge is 2.31. The lowest BCUT2D eigenvalue weighted by Gasteiger charge is -2.36. The normalized spacial score (nSPS) is 23.5. The number of anilines is 1. The molecule has 1 aromatic carbocycles. The van der Waals surface area contributed by atoms with Crippen molar-refractivity contribution in [1.82, 2.24) is 20.4 Å². The number of benzene rings is 1. The van der Waals surface area contributed by atoms with Gasteiger partial charge < -0.3 is 20.4 Å². The minimum atomic E-state index is 0.0721. The second kappa shape index (κ2) is 9.19. The Morgan fingerprint density at radius 2 is 1.93 bits per heavy atom. The predicted octanol–water partition coefficient (Wildman–Crippen LogP) is 0.593. The number of carbonyl (C=O) groups is 1. The van der Waals surface area contributed by atoms with Crippen molar-refractivity contribution < 1.29 is 4.79 Å². The number of amides is 1. The average Bonchev–Trinajstić information content (AvgIpc) is 3.06. The number of rotatable bonds is 5. The first kappa shape index (κ1) is 19.6. The summed E-state index contributed by atoms with van der Waals surface area (Å²) in [7, 11) is 3.95. The van der Waals surface area contributed by atoms with Crippen LogP contribution in [0.4, 0.5) is 5.69 Å². The predicted molar refractivity (Wildman–Crippen MR) is 110 cm³/mol. The number of piperazine rings is 1. The fraction of sp³-hybridized carbons (Fsp3) is 0.600. The maximum atomic E-state index is 12.4. The zero-order valence-corrected chi connectivity index (χ0v) is 16.7. The van der Waals surface area contributed by atoms with Gasteiger partial charge in [0, 0.05) is 64.5 Å². The van der Waals surface area contributed by atoms with E-state index in [4.69, 9.17) is 0 Å².